The number of hydrogen-bond donors (Lipinski definition) is 1. The Bertz CT molecular complexity index is 604. The Morgan fingerprint density at radius 1 is 1.32 bits per heavy atom. The van der Waals surface area contributed by atoms with Gasteiger partial charge in [0.25, 0.3) is 0 Å². The highest BCUT2D eigenvalue weighted by Crippen LogP contribution is 2.18. The van der Waals surface area contributed by atoms with Gasteiger partial charge in [0.05, 0.1) is 24.9 Å². The van der Waals surface area contributed by atoms with Crippen LogP contribution in [-0.4, -0.2) is 60.3 Å². The van der Waals surface area contributed by atoms with Crippen LogP contribution in [0.3, 0.4) is 0 Å². The van der Waals surface area contributed by atoms with Gasteiger partial charge in [0, 0.05) is 25.3 Å². The van der Waals surface area contributed by atoms with E-state index in [1.54, 1.807) is 4.90 Å². The maximum Gasteiger partial charge on any atom is 0.311 e. The highest BCUT2D eigenvalue weighted by Gasteiger charge is 2.32. The number of rotatable bonds is 4. The molecule has 0 spiro atoms. The van der Waals surface area contributed by atoms with E-state index in [2.05, 4.69) is 10.5 Å². The largest absolute Gasteiger partial charge is 0.379 e. The van der Waals surface area contributed by atoms with Crippen LogP contribution in [0.15, 0.2) is 4.52 Å². The van der Waals surface area contributed by atoms with Gasteiger partial charge in [-0.15, -0.1) is 0 Å². The fourth-order valence-electron chi connectivity index (χ4n) is 3.23. The number of aryl methyl sites for hydroxylation is 2. The number of hydrogen-bond acceptors (Lipinski definition) is 6. The van der Waals surface area contributed by atoms with Gasteiger partial charge in [0.15, 0.2) is 0 Å². The second-order valence-corrected chi connectivity index (χ2v) is 6.60. The van der Waals surface area contributed by atoms with E-state index in [9.17, 15) is 9.59 Å². The maximum absolute atomic E-state index is 12.3. The second kappa shape index (κ2) is 7.97. The molecule has 2 aliphatic heterocycles. The van der Waals surface area contributed by atoms with E-state index in [0.29, 0.717) is 39.3 Å². The van der Waals surface area contributed by atoms with Crippen LogP contribution >= 0.6 is 0 Å². The van der Waals surface area contributed by atoms with Gasteiger partial charge in [0.1, 0.15) is 11.9 Å². The van der Waals surface area contributed by atoms with E-state index in [-0.39, 0.29) is 12.1 Å². The zero-order valence-corrected chi connectivity index (χ0v) is 14.7. The minimum atomic E-state index is -0.556. The van der Waals surface area contributed by atoms with Crippen molar-refractivity contribution in [3.8, 4) is 0 Å². The number of aromatic nitrogens is 1. The molecule has 2 atom stereocenters. The summed E-state index contributed by atoms with van der Waals surface area (Å²) in [5.41, 5.74) is 1.70. The van der Waals surface area contributed by atoms with E-state index >= 15 is 0 Å². The molecule has 1 aromatic rings. The lowest BCUT2D eigenvalue weighted by Crippen LogP contribution is -2.53. The summed E-state index contributed by atoms with van der Waals surface area (Å²) in [5.74, 6) is -0.285. The van der Waals surface area contributed by atoms with Crippen LogP contribution in [0.2, 0.25) is 0 Å². The summed E-state index contributed by atoms with van der Waals surface area (Å²) in [5, 5.41) is 6.74. The van der Waals surface area contributed by atoms with Crippen LogP contribution in [0.5, 0.6) is 0 Å². The predicted molar refractivity (Wildman–Crippen MR) is 87.7 cm³/mol. The van der Waals surface area contributed by atoms with E-state index < -0.39 is 11.8 Å². The van der Waals surface area contributed by atoms with Crippen molar-refractivity contribution >= 4 is 11.8 Å². The minimum absolute atomic E-state index is 0.242. The highest BCUT2D eigenvalue weighted by atomic mass is 16.5. The number of nitrogens with zero attached hydrogens (tertiary/aromatic N) is 2. The van der Waals surface area contributed by atoms with Gasteiger partial charge < -0.3 is 24.2 Å². The smallest absolute Gasteiger partial charge is 0.311 e. The molecule has 1 aromatic heterocycles. The Labute approximate surface area is 146 Å². The molecule has 2 amide bonds. The molecule has 1 N–H and O–H groups in total. The molecular formula is C17H25N3O5. The molecule has 2 saturated heterocycles. The third kappa shape index (κ3) is 4.19. The van der Waals surface area contributed by atoms with E-state index in [1.807, 2.05) is 13.8 Å². The van der Waals surface area contributed by atoms with Crippen LogP contribution < -0.4 is 5.32 Å². The monoisotopic (exact) mass is 351 g/mol. The summed E-state index contributed by atoms with van der Waals surface area (Å²) in [4.78, 5) is 26.0. The van der Waals surface area contributed by atoms with Crippen LogP contribution in [-0.2, 0) is 25.7 Å². The average molecular weight is 351 g/mol. The summed E-state index contributed by atoms with van der Waals surface area (Å²) in [6, 6.07) is -0.242. The van der Waals surface area contributed by atoms with Crippen molar-refractivity contribution in [1.82, 2.24) is 15.4 Å². The number of carbonyl (C=O) groups excluding carboxylic acids is 2. The molecular weight excluding hydrogens is 326 g/mol. The standard InChI is InChI=1S/C17H25N3O5/c1-11-13(12(2)25-19-11)9-24-15-10-23-8-5-14(15)18-16(21)17(22)20-6-3-4-7-20/h14-15H,3-10H2,1-2H3,(H,18,21)/t14-,15-/m1/s1. The Morgan fingerprint density at radius 2 is 2.08 bits per heavy atom. The fourth-order valence-corrected chi connectivity index (χ4v) is 3.23. The van der Waals surface area contributed by atoms with Crippen LogP contribution in [0.25, 0.3) is 0 Å². The van der Waals surface area contributed by atoms with Crippen molar-refractivity contribution < 1.29 is 23.6 Å². The van der Waals surface area contributed by atoms with E-state index in [1.165, 1.54) is 0 Å². The molecule has 2 fully saturated rings. The van der Waals surface area contributed by atoms with Crippen molar-refractivity contribution in [2.75, 3.05) is 26.3 Å². The van der Waals surface area contributed by atoms with Gasteiger partial charge in [-0.05, 0) is 33.1 Å². The van der Waals surface area contributed by atoms with Crippen molar-refractivity contribution in [3.63, 3.8) is 0 Å². The molecule has 0 aliphatic carbocycles. The number of likely N-dealkylation sites (tertiary alicyclic amines) is 1. The lowest BCUT2D eigenvalue weighted by molar-refractivity contribution is -0.147. The van der Waals surface area contributed by atoms with E-state index in [4.69, 9.17) is 14.0 Å². The number of amides is 2. The first-order chi connectivity index (χ1) is 12.1. The van der Waals surface area contributed by atoms with Crippen molar-refractivity contribution in [2.24, 2.45) is 0 Å². The zero-order chi connectivity index (χ0) is 17.8. The van der Waals surface area contributed by atoms with Gasteiger partial charge in [-0.25, -0.2) is 0 Å². The van der Waals surface area contributed by atoms with Crippen LogP contribution in [0.4, 0.5) is 0 Å². The van der Waals surface area contributed by atoms with Gasteiger partial charge in [-0.2, -0.15) is 0 Å². The normalized spacial score (nSPS) is 23.7. The quantitative estimate of drug-likeness (QED) is 0.803. The summed E-state index contributed by atoms with van der Waals surface area (Å²) in [6.07, 6.45) is 2.22. The van der Waals surface area contributed by atoms with Gasteiger partial charge >= 0.3 is 11.8 Å². The summed E-state index contributed by atoms with van der Waals surface area (Å²) in [7, 11) is 0. The SMILES string of the molecule is Cc1noc(C)c1CO[C@@H]1COCC[C@H]1NC(=O)C(=O)N1CCCC1. The molecule has 0 aromatic carbocycles. The first kappa shape index (κ1) is 17.9. The van der Waals surface area contributed by atoms with Gasteiger partial charge in [-0.1, -0.05) is 5.16 Å². The molecule has 2 aliphatic rings. The van der Waals surface area contributed by atoms with Crippen molar-refractivity contribution in [3.05, 3.63) is 17.0 Å². The summed E-state index contributed by atoms with van der Waals surface area (Å²) in [6.45, 7) is 6.27. The number of carbonyl (C=O) groups is 2. The molecule has 0 saturated carbocycles. The predicted octanol–water partition coefficient (Wildman–Crippen LogP) is 0.704. The molecule has 3 rings (SSSR count). The van der Waals surface area contributed by atoms with E-state index in [0.717, 1.165) is 29.9 Å². The summed E-state index contributed by atoms with van der Waals surface area (Å²) < 4.78 is 16.6. The second-order valence-electron chi connectivity index (χ2n) is 6.60. The zero-order valence-electron chi connectivity index (χ0n) is 14.7. The molecule has 25 heavy (non-hydrogen) atoms. The lowest BCUT2D eigenvalue weighted by atomic mass is 10.1. The van der Waals surface area contributed by atoms with Crippen molar-refractivity contribution in [2.45, 2.75) is 51.9 Å². The Kier molecular flexibility index (Phi) is 5.70. The third-order valence-corrected chi connectivity index (χ3v) is 4.83. The molecule has 8 heteroatoms. The molecule has 8 nitrogen and oxygen atoms in total. The van der Waals surface area contributed by atoms with Crippen molar-refractivity contribution in [1.29, 1.82) is 0 Å². The van der Waals surface area contributed by atoms with Gasteiger partial charge in [-0.3, -0.25) is 9.59 Å². The highest BCUT2D eigenvalue weighted by molar-refractivity contribution is 6.35. The number of nitrogens with one attached hydrogen (secondary N) is 1. The molecule has 0 unspecified atom stereocenters. The average Bonchev–Trinajstić information content (AvgIpc) is 3.24. The number of ether oxygens (including phenoxy) is 2. The topological polar surface area (TPSA) is 93.9 Å². The van der Waals surface area contributed by atoms with Crippen LogP contribution in [0, 0.1) is 13.8 Å². The first-order valence-electron chi connectivity index (χ1n) is 8.77. The Morgan fingerprint density at radius 3 is 2.76 bits per heavy atom. The molecule has 3 heterocycles. The third-order valence-electron chi connectivity index (χ3n) is 4.83. The maximum atomic E-state index is 12.3. The Hall–Kier alpha value is -1.93. The lowest BCUT2D eigenvalue weighted by Gasteiger charge is -2.32. The Balaban J connectivity index is 1.57. The van der Waals surface area contributed by atoms with Crippen LogP contribution in [0.1, 0.15) is 36.3 Å². The molecule has 138 valence electrons. The van der Waals surface area contributed by atoms with Gasteiger partial charge in [0.2, 0.25) is 0 Å². The minimum Gasteiger partial charge on any atom is -0.379 e. The molecule has 0 radical (unpaired) electrons. The summed E-state index contributed by atoms with van der Waals surface area (Å²) >= 11 is 0. The fraction of sp³-hybridized carbons (Fsp3) is 0.706. The first-order valence-corrected chi connectivity index (χ1v) is 8.77. The molecule has 0 bridgehead atoms.